The monoisotopic (exact) mass is 1330 g/mol. The fourth-order valence-electron chi connectivity index (χ4n) is 5.95. The van der Waals surface area contributed by atoms with E-state index >= 15 is 0 Å². The number of hydrogen-bond acceptors (Lipinski definition) is 26. The summed E-state index contributed by atoms with van der Waals surface area (Å²) in [6.45, 7) is 9.70. The summed E-state index contributed by atoms with van der Waals surface area (Å²) in [5.41, 5.74) is 0. The Hall–Kier alpha value is 1.38. The van der Waals surface area contributed by atoms with E-state index < -0.39 is 70.7 Å². The van der Waals surface area contributed by atoms with Gasteiger partial charge < -0.3 is 92.9 Å². The predicted molar refractivity (Wildman–Crippen MR) is 277 cm³/mol. The third-order valence-electron chi connectivity index (χ3n) is 9.75. The van der Waals surface area contributed by atoms with E-state index in [1.165, 1.54) is 6.42 Å². The third-order valence-corrected chi connectivity index (χ3v) is 21.4. The molecule has 2 aliphatic rings. The number of aliphatic hydroxyl groups is 5. The Morgan fingerprint density at radius 3 is 1.00 bits per heavy atom. The number of aliphatic hydroxyl groups excluding tert-OH is 5. The molecule has 2 rings (SSSR count). The van der Waals surface area contributed by atoms with Gasteiger partial charge in [-0.2, -0.15) is 0 Å². The first kappa shape index (κ1) is 95.6. The molecule has 3 unspecified atom stereocenters. The van der Waals surface area contributed by atoms with E-state index in [2.05, 4.69) is 0 Å². The van der Waals surface area contributed by atoms with Crippen molar-refractivity contribution in [3.8, 4) is 0 Å². The van der Waals surface area contributed by atoms with Crippen molar-refractivity contribution in [1.82, 2.24) is 0 Å². The van der Waals surface area contributed by atoms with Crippen molar-refractivity contribution in [2.24, 2.45) is 0 Å². The van der Waals surface area contributed by atoms with Gasteiger partial charge in [-0.15, -0.1) is 0 Å². The molecule has 75 heavy (non-hydrogen) atoms. The van der Waals surface area contributed by atoms with Gasteiger partial charge in [0.1, 0.15) is 26.4 Å². The van der Waals surface area contributed by atoms with Gasteiger partial charge in [-0.25, -0.2) is 0 Å². The molecule has 2 aliphatic heterocycles. The van der Waals surface area contributed by atoms with Crippen LogP contribution in [0.25, 0.3) is 0 Å². The smallest absolute Gasteiger partial charge is 0.400 e. The largest absolute Gasteiger partial charge is 1.00 e. The molecule has 2 heterocycles. The van der Waals surface area contributed by atoms with Crippen LogP contribution >= 0.6 is 0 Å². The van der Waals surface area contributed by atoms with Gasteiger partial charge in [0.05, 0.1) is 38.1 Å². The average Bonchev–Trinajstić information content (AvgIpc) is 4.36. The molecule has 0 radical (unpaired) electrons. The minimum atomic E-state index is -5.94. The Morgan fingerprint density at radius 2 is 0.787 bits per heavy atom. The number of epoxide rings is 2. The maximum absolute atomic E-state index is 10.1. The predicted octanol–water partition coefficient (Wildman–Crippen LogP) is -8.33. The van der Waals surface area contributed by atoms with Gasteiger partial charge in [0.25, 0.3) is 0 Å². The van der Waals surface area contributed by atoms with Gasteiger partial charge in [-0.3, -0.25) is 22.7 Å². The first-order chi connectivity index (χ1) is 34.8. The van der Waals surface area contributed by atoms with Crippen LogP contribution in [0.4, 0.5) is 0 Å². The molecule has 26 nitrogen and oxygen atoms in total. The number of ether oxygens (including phenoxy) is 2. The molecule has 2 saturated heterocycles. The molecule has 0 spiro atoms. The van der Waals surface area contributed by atoms with E-state index in [0.717, 1.165) is 123 Å². The van der Waals surface area contributed by atoms with E-state index in [1.54, 1.807) is 64.0 Å². The van der Waals surface area contributed by atoms with Crippen LogP contribution in [0.3, 0.4) is 0 Å². The van der Waals surface area contributed by atoms with Crippen LogP contribution in [0, 0.1) is 0 Å². The fourth-order valence-corrected chi connectivity index (χ4v) is 14.0. The number of carbonyl (C=O) groups excluding carboxylic acids is 1. The first-order valence-electron chi connectivity index (χ1n) is 23.6. The minimum Gasteiger partial charge on any atom is -0.400 e. The van der Waals surface area contributed by atoms with Gasteiger partial charge >= 0.3 is 74.1 Å². The molecular formula is C41H102INaO26Si6. The van der Waals surface area contributed by atoms with Crippen LogP contribution < -0.4 is 63.4 Å². The average molecular weight is 1330 g/mol. The van der Waals surface area contributed by atoms with Crippen LogP contribution in [-0.4, -0.2) is 231 Å². The van der Waals surface area contributed by atoms with Crippen molar-refractivity contribution in [1.29, 1.82) is 0 Å². The van der Waals surface area contributed by atoms with Crippen molar-refractivity contribution in [3.05, 3.63) is 0 Å². The molecule has 0 aliphatic carbocycles. The van der Waals surface area contributed by atoms with Crippen LogP contribution in [-0.2, 0) is 76.3 Å². The molecule has 0 saturated carbocycles. The summed E-state index contributed by atoms with van der Waals surface area (Å²) >= 11 is -5.94. The van der Waals surface area contributed by atoms with Crippen molar-refractivity contribution in [3.63, 3.8) is 0 Å². The minimum absolute atomic E-state index is 0. The van der Waals surface area contributed by atoms with E-state index in [9.17, 15) is 4.79 Å². The van der Waals surface area contributed by atoms with Crippen LogP contribution in [0.2, 0.25) is 24.2 Å². The Balaban J connectivity index is -0.000000101. The molecule has 5 N–H and O–H groups in total. The van der Waals surface area contributed by atoms with Crippen LogP contribution in [0.15, 0.2) is 0 Å². The zero-order valence-electron chi connectivity index (χ0n) is 47.6. The van der Waals surface area contributed by atoms with E-state index in [0.29, 0.717) is 44.9 Å². The topological polar surface area (TPSA) is 380 Å². The molecule has 2 fully saturated rings. The molecule has 0 amide bonds. The van der Waals surface area contributed by atoms with Gasteiger partial charge in [0.2, 0.25) is 0 Å². The van der Waals surface area contributed by atoms with Crippen LogP contribution in [0.1, 0.15) is 97.8 Å². The van der Waals surface area contributed by atoms with Gasteiger partial charge in [0, 0.05) is 136 Å². The molecule has 454 valence electrons. The quantitative estimate of drug-likeness (QED) is 0.0128. The summed E-state index contributed by atoms with van der Waals surface area (Å²) in [5.74, 6) is 0. The summed E-state index contributed by atoms with van der Waals surface area (Å²) in [7, 11) is 6.57. The maximum Gasteiger partial charge on any atom is 1.00 e. The Labute approximate surface area is 488 Å². The summed E-state index contributed by atoms with van der Waals surface area (Å²) in [5, 5.41) is 38.7. The van der Waals surface area contributed by atoms with Crippen molar-refractivity contribution < 1.29 is 165 Å². The van der Waals surface area contributed by atoms with Gasteiger partial charge in [-0.05, 0) is 83.1 Å². The second kappa shape index (κ2) is 67.9. The van der Waals surface area contributed by atoms with E-state index in [1.807, 2.05) is 20.8 Å². The van der Waals surface area contributed by atoms with Gasteiger partial charge in [-0.1, -0.05) is 19.3 Å². The van der Waals surface area contributed by atoms with Crippen molar-refractivity contribution >= 4 is 61.8 Å². The zero-order chi connectivity index (χ0) is 58.1. The summed E-state index contributed by atoms with van der Waals surface area (Å²) in [6, 6.07) is 3.32. The molecule has 0 aromatic rings. The number of aldehydes is 1. The number of unbranched alkanes of at least 4 members (excludes halogenated alkanes) is 5. The number of carbonyl (C=O) groups is 1. The summed E-state index contributed by atoms with van der Waals surface area (Å²) in [6.07, 6.45) is 12.9. The second-order valence-corrected chi connectivity index (χ2v) is 28.6. The fraction of sp³-hybridized carbons (Fsp3) is 0.976. The molecule has 3 atom stereocenters. The maximum atomic E-state index is 10.1. The second-order valence-electron chi connectivity index (χ2n) is 14.2. The molecule has 34 heteroatoms. The standard InChI is InChI=1S/C12H26O4Si.C9H22O5Si.C9H20O4Si.C8H18O4Si.3CH4O.IO4.Na.O2Si.H4Si/c1-4-14-17(15-5-2,16-6-3)10-8-7-9-12-11-13-12;1-12-15(13-2,14-3)7-5-4-6-9(11)8-10;1-10-14(11-2,12-3)7-5-4-6-9-8-13-9;1-10-13(11-2,12-3)8-6-4-5-7-9;3*1-2;2-1(3,4)5;;1-3-2;/h12H,4-11H2,1-3H3;9-11H,4-8H2,1-3H3;9H,4-8H2,1-3H3;7H,4-6,8H2,1-3H3;3*2H,1H3;;;;1H4/q;;;;;;;-1;+1;;. The molecular weight excluding hydrogens is 1230 g/mol. The van der Waals surface area contributed by atoms with Crippen molar-refractivity contribution in [2.75, 3.05) is 125 Å². The normalized spacial score (nSPS) is 14.4. The zero-order valence-corrected chi connectivity index (χ0v) is 56.7. The summed E-state index contributed by atoms with van der Waals surface area (Å²) < 4.78 is 126. The Morgan fingerprint density at radius 1 is 0.547 bits per heavy atom. The third kappa shape index (κ3) is 64.4. The van der Waals surface area contributed by atoms with Crippen molar-refractivity contribution in [2.45, 2.75) is 140 Å². The number of rotatable bonds is 36. The molecule has 0 aromatic heterocycles. The Bertz CT molecular complexity index is 1090. The first-order valence-corrected chi connectivity index (χ1v) is 35.7. The van der Waals surface area contributed by atoms with E-state index in [-0.39, 0.29) is 47.1 Å². The van der Waals surface area contributed by atoms with Crippen LogP contribution in [0.5, 0.6) is 0 Å². The number of hydrogen-bond donors (Lipinski definition) is 5. The summed E-state index contributed by atoms with van der Waals surface area (Å²) in [4.78, 5) is 10.1. The molecule has 0 bridgehead atoms. The van der Waals surface area contributed by atoms with E-state index in [4.69, 9.17) is 111 Å². The SMILES string of the molecule is CCO[Si](CCCCC1CO1)(OCC)OCC.CO.CO.CO.CO[Si](CCCCC(O)CO)(OC)OC.CO[Si](CCCCC1CO1)(OC)OC.CO[Si](CCCCC=O)(OC)OC.O=[Si]=O.[Na+].[O-][I+3]([O-])([O-])[O-].[SiH4]. The molecule has 0 aromatic carbocycles. The Kier molecular flexibility index (Phi) is 86.5. The number of halogens is 1. The van der Waals surface area contributed by atoms with Gasteiger partial charge in [0.15, 0.2) is 0 Å².